The predicted molar refractivity (Wildman–Crippen MR) is 66.4 cm³/mol. The van der Waals surface area contributed by atoms with Gasteiger partial charge < -0.3 is 15.2 Å². The Labute approximate surface area is 115 Å². The first kappa shape index (κ1) is 16.1. The highest BCUT2D eigenvalue weighted by atomic mass is 35.5. The summed E-state index contributed by atoms with van der Waals surface area (Å²) >= 11 is 0. The number of halogens is 4. The third kappa shape index (κ3) is 4.26. The van der Waals surface area contributed by atoms with Crippen LogP contribution in [0.4, 0.5) is 13.2 Å². The number of nitrogens with one attached hydrogen (secondary N) is 1. The molecular weight excluding hydrogens is 283 g/mol. The van der Waals surface area contributed by atoms with Gasteiger partial charge in [0.05, 0.1) is 5.60 Å². The molecule has 1 fully saturated rings. The number of ether oxygens (including phenoxy) is 1. The van der Waals surface area contributed by atoms with Crippen molar-refractivity contribution in [1.29, 1.82) is 0 Å². The lowest BCUT2D eigenvalue weighted by Gasteiger charge is -2.33. The Hall–Kier alpha value is -0.980. The molecule has 0 spiro atoms. The molecule has 0 aromatic heterocycles. The fourth-order valence-electron chi connectivity index (χ4n) is 2.10. The lowest BCUT2D eigenvalue weighted by Crippen LogP contribution is -2.39. The van der Waals surface area contributed by atoms with Crippen LogP contribution in [0.2, 0.25) is 0 Å². The van der Waals surface area contributed by atoms with Crippen LogP contribution in [0.5, 0.6) is 5.75 Å². The lowest BCUT2D eigenvalue weighted by atomic mass is 9.85. The van der Waals surface area contributed by atoms with Crippen LogP contribution in [0.3, 0.4) is 0 Å². The van der Waals surface area contributed by atoms with E-state index in [2.05, 4.69) is 10.1 Å². The minimum absolute atomic E-state index is 0. The predicted octanol–water partition coefficient (Wildman–Crippen LogP) is 2.58. The SMILES string of the molecule is Cl.OC1(c2ccc(OC(F)(F)F)cc2)CCNCC1. The molecule has 1 saturated heterocycles. The van der Waals surface area contributed by atoms with Crippen molar-refractivity contribution < 1.29 is 23.0 Å². The van der Waals surface area contributed by atoms with E-state index >= 15 is 0 Å². The van der Waals surface area contributed by atoms with E-state index < -0.39 is 12.0 Å². The van der Waals surface area contributed by atoms with Gasteiger partial charge in [-0.2, -0.15) is 0 Å². The Kier molecular flexibility index (Phi) is 5.06. The van der Waals surface area contributed by atoms with E-state index in [9.17, 15) is 18.3 Å². The van der Waals surface area contributed by atoms with E-state index in [0.717, 1.165) is 0 Å². The number of hydrogen-bond donors (Lipinski definition) is 2. The Morgan fingerprint density at radius 2 is 1.63 bits per heavy atom. The summed E-state index contributed by atoms with van der Waals surface area (Å²) in [6.07, 6.45) is -3.59. The zero-order valence-corrected chi connectivity index (χ0v) is 10.9. The highest BCUT2D eigenvalue weighted by Crippen LogP contribution is 2.32. The van der Waals surface area contributed by atoms with Crippen LogP contribution in [0, 0.1) is 0 Å². The smallest absolute Gasteiger partial charge is 0.406 e. The molecule has 0 unspecified atom stereocenters. The van der Waals surface area contributed by atoms with Crippen molar-refractivity contribution >= 4 is 12.4 Å². The maximum absolute atomic E-state index is 12.0. The summed E-state index contributed by atoms with van der Waals surface area (Å²) in [4.78, 5) is 0. The van der Waals surface area contributed by atoms with Crippen molar-refractivity contribution in [3.63, 3.8) is 0 Å². The maximum Gasteiger partial charge on any atom is 0.573 e. The summed E-state index contributed by atoms with van der Waals surface area (Å²) < 4.78 is 39.8. The van der Waals surface area contributed by atoms with Gasteiger partial charge in [0.2, 0.25) is 0 Å². The van der Waals surface area contributed by atoms with Gasteiger partial charge in [0.25, 0.3) is 0 Å². The molecular formula is C12H15ClF3NO2. The van der Waals surface area contributed by atoms with Crippen LogP contribution in [0.1, 0.15) is 18.4 Å². The first-order valence-corrected chi connectivity index (χ1v) is 5.68. The Morgan fingerprint density at radius 1 is 1.11 bits per heavy atom. The molecule has 2 rings (SSSR count). The van der Waals surface area contributed by atoms with Gasteiger partial charge in [-0.25, -0.2) is 0 Å². The molecule has 108 valence electrons. The Balaban J connectivity index is 0.00000180. The quantitative estimate of drug-likeness (QED) is 0.881. The summed E-state index contributed by atoms with van der Waals surface area (Å²) in [5, 5.41) is 13.5. The topological polar surface area (TPSA) is 41.5 Å². The second kappa shape index (κ2) is 5.98. The van der Waals surface area contributed by atoms with Gasteiger partial charge in [-0.05, 0) is 43.6 Å². The number of alkyl halides is 3. The molecule has 0 aliphatic carbocycles. The normalized spacial score (nSPS) is 18.5. The molecule has 0 bridgehead atoms. The molecule has 0 atom stereocenters. The zero-order valence-electron chi connectivity index (χ0n) is 10.0. The Morgan fingerprint density at radius 3 is 2.11 bits per heavy atom. The largest absolute Gasteiger partial charge is 0.573 e. The van der Waals surface area contributed by atoms with E-state index in [1.807, 2.05) is 0 Å². The van der Waals surface area contributed by atoms with Gasteiger partial charge in [-0.15, -0.1) is 25.6 Å². The fourth-order valence-corrected chi connectivity index (χ4v) is 2.10. The van der Waals surface area contributed by atoms with Crippen molar-refractivity contribution in [3.05, 3.63) is 29.8 Å². The van der Waals surface area contributed by atoms with Crippen LogP contribution in [-0.2, 0) is 5.60 Å². The summed E-state index contributed by atoms with van der Waals surface area (Å²) in [7, 11) is 0. The van der Waals surface area contributed by atoms with Gasteiger partial charge in [0, 0.05) is 0 Å². The summed E-state index contributed by atoms with van der Waals surface area (Å²) in [6.45, 7) is 1.38. The molecule has 19 heavy (non-hydrogen) atoms. The second-order valence-electron chi connectivity index (χ2n) is 4.35. The number of rotatable bonds is 2. The molecule has 1 aliphatic rings. The van der Waals surface area contributed by atoms with Crippen molar-refractivity contribution in [1.82, 2.24) is 5.32 Å². The first-order valence-electron chi connectivity index (χ1n) is 5.68. The molecule has 1 aromatic rings. The number of aliphatic hydroxyl groups is 1. The summed E-state index contributed by atoms with van der Waals surface area (Å²) in [5.74, 6) is -0.274. The molecule has 0 amide bonds. The minimum Gasteiger partial charge on any atom is -0.406 e. The van der Waals surface area contributed by atoms with Crippen LogP contribution < -0.4 is 10.1 Å². The third-order valence-electron chi connectivity index (χ3n) is 3.06. The molecule has 1 heterocycles. The average Bonchev–Trinajstić information content (AvgIpc) is 2.28. The molecule has 0 saturated carbocycles. The fraction of sp³-hybridized carbons (Fsp3) is 0.500. The first-order chi connectivity index (χ1) is 8.39. The molecule has 7 heteroatoms. The second-order valence-corrected chi connectivity index (χ2v) is 4.35. The van der Waals surface area contributed by atoms with Gasteiger partial charge in [0.15, 0.2) is 0 Å². The van der Waals surface area contributed by atoms with Crippen molar-refractivity contribution in [2.24, 2.45) is 0 Å². The van der Waals surface area contributed by atoms with Crippen molar-refractivity contribution in [3.8, 4) is 5.75 Å². The number of hydrogen-bond acceptors (Lipinski definition) is 3. The highest BCUT2D eigenvalue weighted by molar-refractivity contribution is 5.85. The van der Waals surface area contributed by atoms with Gasteiger partial charge in [-0.3, -0.25) is 0 Å². The standard InChI is InChI=1S/C12H14F3NO2.ClH/c13-12(14,15)18-10-3-1-9(2-4-10)11(17)5-7-16-8-6-11;/h1-4,16-17H,5-8H2;1H. The molecule has 2 N–H and O–H groups in total. The van der Waals surface area contributed by atoms with Crippen molar-refractivity contribution in [2.45, 2.75) is 24.8 Å². The zero-order chi connectivity index (χ0) is 13.2. The third-order valence-corrected chi connectivity index (χ3v) is 3.06. The van der Waals surface area contributed by atoms with Crippen LogP contribution in [-0.4, -0.2) is 24.6 Å². The summed E-state index contributed by atoms with van der Waals surface area (Å²) in [5.41, 5.74) is -0.333. The average molecular weight is 298 g/mol. The lowest BCUT2D eigenvalue weighted by molar-refractivity contribution is -0.274. The van der Waals surface area contributed by atoms with E-state index in [1.54, 1.807) is 0 Å². The molecule has 1 aliphatic heterocycles. The van der Waals surface area contributed by atoms with Crippen LogP contribution in [0.25, 0.3) is 0 Å². The molecule has 3 nitrogen and oxygen atoms in total. The van der Waals surface area contributed by atoms with E-state index in [-0.39, 0.29) is 18.2 Å². The minimum atomic E-state index is -4.69. The van der Waals surface area contributed by atoms with Gasteiger partial charge >= 0.3 is 6.36 Å². The molecule has 1 aromatic carbocycles. The number of piperidine rings is 1. The highest BCUT2D eigenvalue weighted by Gasteiger charge is 2.33. The van der Waals surface area contributed by atoms with E-state index in [0.29, 0.717) is 31.5 Å². The molecule has 0 radical (unpaired) electrons. The monoisotopic (exact) mass is 297 g/mol. The number of benzene rings is 1. The van der Waals surface area contributed by atoms with Gasteiger partial charge in [0.1, 0.15) is 5.75 Å². The Bertz CT molecular complexity index is 402. The van der Waals surface area contributed by atoms with Crippen molar-refractivity contribution in [2.75, 3.05) is 13.1 Å². The van der Waals surface area contributed by atoms with E-state index in [4.69, 9.17) is 0 Å². The van der Waals surface area contributed by atoms with Gasteiger partial charge in [-0.1, -0.05) is 12.1 Å². The summed E-state index contributed by atoms with van der Waals surface area (Å²) in [6, 6.07) is 5.41. The maximum atomic E-state index is 12.0. The van der Waals surface area contributed by atoms with Crippen LogP contribution in [0.15, 0.2) is 24.3 Å². The van der Waals surface area contributed by atoms with E-state index in [1.165, 1.54) is 24.3 Å². The van der Waals surface area contributed by atoms with Crippen LogP contribution >= 0.6 is 12.4 Å².